The van der Waals surface area contributed by atoms with Gasteiger partial charge in [-0.25, -0.2) is 9.78 Å². The average Bonchev–Trinajstić information content (AvgIpc) is 3.24. The maximum atomic E-state index is 12.5. The topological polar surface area (TPSA) is 77.6 Å². The first-order valence-electron chi connectivity index (χ1n) is 7.75. The van der Waals surface area contributed by atoms with E-state index < -0.39 is 12.0 Å². The quantitative estimate of drug-likeness (QED) is 0.790. The molecule has 0 N–H and O–H groups in total. The third-order valence-electron chi connectivity index (χ3n) is 4.14. The highest BCUT2D eigenvalue weighted by Gasteiger charge is 2.34. The van der Waals surface area contributed by atoms with E-state index in [0.29, 0.717) is 23.9 Å². The second kappa shape index (κ2) is 7.09. The van der Waals surface area contributed by atoms with Gasteiger partial charge in [0.15, 0.2) is 5.76 Å². The van der Waals surface area contributed by atoms with Crippen molar-refractivity contribution in [2.75, 3.05) is 6.54 Å². The lowest BCUT2D eigenvalue weighted by atomic mass is 10.0. The van der Waals surface area contributed by atoms with Crippen LogP contribution in [-0.2, 0) is 23.2 Å². The lowest BCUT2D eigenvalue weighted by Crippen LogP contribution is -2.48. The molecule has 3 rings (SSSR count). The number of ether oxygens (including phenoxy) is 1. The van der Waals surface area contributed by atoms with Crippen LogP contribution in [0.25, 0.3) is 0 Å². The Bertz CT molecular complexity index is 726. The molecule has 24 heavy (non-hydrogen) atoms. The van der Waals surface area contributed by atoms with E-state index in [-0.39, 0.29) is 18.3 Å². The number of amides is 1. The monoisotopic (exact) mass is 351 g/mol. The first-order valence-corrected chi connectivity index (χ1v) is 8.13. The zero-order valence-corrected chi connectivity index (χ0v) is 14.0. The molecule has 0 aromatic carbocycles. The minimum atomic E-state index is -0.605. The Labute approximate surface area is 144 Å². The number of carbonyl (C=O) groups is 2. The number of furan rings is 1. The fourth-order valence-corrected chi connectivity index (χ4v) is 2.90. The molecule has 2 aromatic heterocycles. The lowest BCUT2D eigenvalue weighted by molar-refractivity contribution is -0.151. The minimum absolute atomic E-state index is 0.0152. The molecule has 1 saturated heterocycles. The van der Waals surface area contributed by atoms with Crippen LogP contribution >= 0.6 is 11.6 Å². The Kier molecular flexibility index (Phi) is 4.89. The van der Waals surface area contributed by atoms with Crippen molar-refractivity contribution >= 4 is 23.5 Å². The molecule has 0 bridgehead atoms. The van der Waals surface area contributed by atoms with Gasteiger partial charge in [-0.3, -0.25) is 4.79 Å². The van der Waals surface area contributed by atoms with Gasteiger partial charge in [0.2, 0.25) is 0 Å². The molecule has 2 aromatic rings. The van der Waals surface area contributed by atoms with Crippen LogP contribution in [0.3, 0.4) is 0 Å². The summed E-state index contributed by atoms with van der Waals surface area (Å²) in [6, 6.07) is 2.64. The van der Waals surface area contributed by atoms with Gasteiger partial charge in [0, 0.05) is 13.6 Å². The van der Waals surface area contributed by atoms with Gasteiger partial charge in [-0.1, -0.05) is 11.6 Å². The summed E-state index contributed by atoms with van der Waals surface area (Å²) in [6.07, 6.45) is 5.24. The molecule has 128 valence electrons. The van der Waals surface area contributed by atoms with E-state index in [0.717, 1.165) is 12.8 Å². The number of hydrogen-bond acceptors (Lipinski definition) is 5. The Morgan fingerprint density at radius 1 is 1.46 bits per heavy atom. The Balaban J connectivity index is 1.67. The van der Waals surface area contributed by atoms with E-state index in [9.17, 15) is 9.59 Å². The molecule has 0 saturated carbocycles. The molecule has 1 fully saturated rings. The van der Waals surface area contributed by atoms with Gasteiger partial charge in [0.1, 0.15) is 23.6 Å². The fourth-order valence-electron chi connectivity index (χ4n) is 2.75. The van der Waals surface area contributed by atoms with Crippen LogP contribution in [0.4, 0.5) is 0 Å². The summed E-state index contributed by atoms with van der Waals surface area (Å²) in [7, 11) is 1.74. The van der Waals surface area contributed by atoms with Crippen LogP contribution in [-0.4, -0.2) is 38.9 Å². The molecule has 1 aliphatic rings. The Morgan fingerprint density at radius 3 is 2.96 bits per heavy atom. The minimum Gasteiger partial charge on any atom is -0.459 e. The van der Waals surface area contributed by atoms with Crippen molar-refractivity contribution in [3.8, 4) is 0 Å². The third-order valence-corrected chi connectivity index (χ3v) is 4.49. The Morgan fingerprint density at radius 2 is 2.29 bits per heavy atom. The zero-order chi connectivity index (χ0) is 17.1. The molecular weight excluding hydrogens is 334 g/mol. The second-order valence-corrected chi connectivity index (χ2v) is 6.04. The van der Waals surface area contributed by atoms with E-state index in [1.165, 1.54) is 17.4 Å². The first-order chi connectivity index (χ1) is 11.6. The highest BCUT2D eigenvalue weighted by molar-refractivity contribution is 6.29. The van der Waals surface area contributed by atoms with Gasteiger partial charge in [-0.15, -0.1) is 0 Å². The van der Waals surface area contributed by atoms with E-state index in [1.54, 1.807) is 23.7 Å². The summed E-state index contributed by atoms with van der Waals surface area (Å²) < 4.78 is 12.1. The van der Waals surface area contributed by atoms with Gasteiger partial charge >= 0.3 is 5.97 Å². The van der Waals surface area contributed by atoms with Crippen molar-refractivity contribution in [2.24, 2.45) is 7.05 Å². The molecule has 7 nitrogen and oxygen atoms in total. The van der Waals surface area contributed by atoms with Crippen molar-refractivity contribution in [3.63, 3.8) is 0 Å². The van der Waals surface area contributed by atoms with Crippen LogP contribution < -0.4 is 0 Å². The van der Waals surface area contributed by atoms with Crippen molar-refractivity contribution in [1.29, 1.82) is 0 Å². The van der Waals surface area contributed by atoms with Crippen LogP contribution in [0.15, 0.2) is 29.0 Å². The van der Waals surface area contributed by atoms with E-state index in [1.807, 2.05) is 0 Å². The number of aromatic nitrogens is 2. The fraction of sp³-hybridized carbons (Fsp3) is 0.438. The number of hydrogen-bond donors (Lipinski definition) is 0. The van der Waals surface area contributed by atoms with Crippen LogP contribution in [0, 0.1) is 0 Å². The van der Waals surface area contributed by atoms with Gasteiger partial charge < -0.3 is 18.6 Å². The van der Waals surface area contributed by atoms with Gasteiger partial charge in [0.05, 0.1) is 12.5 Å². The summed E-state index contributed by atoms with van der Waals surface area (Å²) in [6.45, 7) is 0.523. The molecule has 1 amide bonds. The molecule has 1 atom stereocenters. The van der Waals surface area contributed by atoms with Gasteiger partial charge in [-0.05, 0) is 31.4 Å². The van der Waals surface area contributed by atoms with E-state index >= 15 is 0 Å². The number of imidazole rings is 1. The predicted octanol–water partition coefficient (Wildman–Crippen LogP) is 2.40. The normalized spacial score (nSPS) is 17.8. The first kappa shape index (κ1) is 16.6. The molecule has 1 aliphatic heterocycles. The average molecular weight is 352 g/mol. The lowest BCUT2D eigenvalue weighted by Gasteiger charge is -2.33. The highest BCUT2D eigenvalue weighted by Crippen LogP contribution is 2.21. The standard InChI is InChI=1S/C16H18ClN3O4/c1-19-13(17)9-18-14(19)10-24-16(22)11-5-2-3-7-20(11)15(21)12-6-4-8-23-12/h4,6,8-9,11H,2-3,5,7,10H2,1H3/t11-/m1/s1. The summed E-state index contributed by atoms with van der Waals surface area (Å²) >= 11 is 5.91. The summed E-state index contributed by atoms with van der Waals surface area (Å²) in [5.41, 5.74) is 0. The summed E-state index contributed by atoms with van der Waals surface area (Å²) in [5.74, 6) is 0.0501. The zero-order valence-electron chi connectivity index (χ0n) is 13.3. The van der Waals surface area contributed by atoms with E-state index in [2.05, 4.69) is 4.98 Å². The molecule has 0 spiro atoms. The molecule has 0 unspecified atom stereocenters. The van der Waals surface area contributed by atoms with E-state index in [4.69, 9.17) is 20.8 Å². The van der Waals surface area contributed by atoms with Gasteiger partial charge in [-0.2, -0.15) is 0 Å². The Hall–Kier alpha value is -2.28. The molecule has 0 radical (unpaired) electrons. The maximum Gasteiger partial charge on any atom is 0.329 e. The van der Waals surface area contributed by atoms with Crippen LogP contribution in [0.5, 0.6) is 0 Å². The smallest absolute Gasteiger partial charge is 0.329 e. The SMILES string of the molecule is Cn1c(Cl)cnc1COC(=O)[C@H]1CCCCN1C(=O)c1ccco1. The second-order valence-electron chi connectivity index (χ2n) is 5.65. The van der Waals surface area contributed by atoms with Crippen LogP contribution in [0.1, 0.15) is 35.6 Å². The molecular formula is C16H18ClN3O4. The molecule has 8 heteroatoms. The summed E-state index contributed by atoms with van der Waals surface area (Å²) in [5, 5.41) is 0.466. The summed E-state index contributed by atoms with van der Waals surface area (Å²) in [4.78, 5) is 30.6. The number of piperidine rings is 1. The molecule has 3 heterocycles. The molecule has 0 aliphatic carbocycles. The number of rotatable bonds is 4. The largest absolute Gasteiger partial charge is 0.459 e. The van der Waals surface area contributed by atoms with Crippen molar-refractivity contribution in [3.05, 3.63) is 41.3 Å². The van der Waals surface area contributed by atoms with Crippen LogP contribution in [0.2, 0.25) is 5.15 Å². The van der Waals surface area contributed by atoms with Gasteiger partial charge in [0.25, 0.3) is 5.91 Å². The number of likely N-dealkylation sites (tertiary alicyclic amines) is 1. The number of halogens is 1. The number of carbonyl (C=O) groups excluding carboxylic acids is 2. The number of esters is 1. The maximum absolute atomic E-state index is 12.5. The highest BCUT2D eigenvalue weighted by atomic mass is 35.5. The van der Waals surface area contributed by atoms with Crippen molar-refractivity contribution < 1.29 is 18.7 Å². The van der Waals surface area contributed by atoms with Crippen molar-refractivity contribution in [2.45, 2.75) is 31.9 Å². The number of nitrogens with zero attached hydrogens (tertiary/aromatic N) is 3. The van der Waals surface area contributed by atoms with Crippen molar-refractivity contribution in [1.82, 2.24) is 14.5 Å². The predicted molar refractivity (Wildman–Crippen MR) is 85.4 cm³/mol. The third kappa shape index (κ3) is 3.31.